The number of nitrogens with one attached hydrogen (secondary N) is 3. The monoisotopic (exact) mass is 336 g/mol. The first-order valence-corrected chi connectivity index (χ1v) is 8.08. The van der Waals surface area contributed by atoms with Crippen LogP contribution in [0.25, 0.3) is 10.9 Å². The number of aryl methyl sites for hydroxylation is 1. The third-order valence-electron chi connectivity index (χ3n) is 3.97. The largest absolute Gasteiger partial charge is 0.349 e. The molecule has 1 atom stereocenters. The Bertz CT molecular complexity index is 899. The molecule has 0 spiro atoms. The van der Waals surface area contributed by atoms with Crippen LogP contribution in [0.4, 0.5) is 5.69 Å². The summed E-state index contributed by atoms with van der Waals surface area (Å²) in [7, 11) is 0. The van der Waals surface area contributed by atoms with Crippen molar-refractivity contribution in [3.63, 3.8) is 0 Å². The van der Waals surface area contributed by atoms with E-state index in [0.29, 0.717) is 5.69 Å². The molecule has 0 saturated heterocycles. The second-order valence-corrected chi connectivity index (χ2v) is 6.09. The molecular formula is C19H20N4O2. The number of carbonyl (C=O) groups excluding carboxylic acids is 2. The van der Waals surface area contributed by atoms with Crippen LogP contribution >= 0.6 is 0 Å². The summed E-state index contributed by atoms with van der Waals surface area (Å²) < 4.78 is 0. The third kappa shape index (κ3) is 4.23. The van der Waals surface area contributed by atoms with Crippen LogP contribution in [0.1, 0.15) is 30.5 Å². The molecule has 0 aliphatic heterocycles. The van der Waals surface area contributed by atoms with Crippen molar-refractivity contribution in [2.45, 2.75) is 26.3 Å². The number of anilines is 1. The normalized spacial score (nSPS) is 11.9. The number of aromatic nitrogens is 2. The lowest BCUT2D eigenvalue weighted by Crippen LogP contribution is -2.29. The lowest BCUT2D eigenvalue weighted by atomic mass is 10.0. The van der Waals surface area contributed by atoms with Gasteiger partial charge in [0, 0.05) is 18.0 Å². The highest BCUT2D eigenvalue weighted by Crippen LogP contribution is 2.20. The first-order valence-electron chi connectivity index (χ1n) is 8.08. The van der Waals surface area contributed by atoms with E-state index in [4.69, 9.17) is 0 Å². The van der Waals surface area contributed by atoms with Crippen molar-refractivity contribution in [1.82, 2.24) is 15.5 Å². The maximum Gasteiger partial charge on any atom is 0.226 e. The Morgan fingerprint density at radius 1 is 1.16 bits per heavy atom. The fourth-order valence-electron chi connectivity index (χ4n) is 2.71. The molecule has 1 aromatic heterocycles. The second-order valence-electron chi connectivity index (χ2n) is 6.09. The zero-order valence-electron chi connectivity index (χ0n) is 14.2. The van der Waals surface area contributed by atoms with E-state index in [1.54, 1.807) is 6.20 Å². The number of hydrogen-bond donors (Lipinski definition) is 3. The Labute approximate surface area is 145 Å². The minimum Gasteiger partial charge on any atom is -0.349 e. The molecule has 0 aliphatic carbocycles. The van der Waals surface area contributed by atoms with E-state index >= 15 is 0 Å². The molecular weight excluding hydrogens is 316 g/mol. The molecule has 1 unspecified atom stereocenters. The van der Waals surface area contributed by atoms with Crippen molar-refractivity contribution in [3.05, 3.63) is 59.8 Å². The summed E-state index contributed by atoms with van der Waals surface area (Å²) in [5, 5.41) is 13.5. The fourth-order valence-corrected chi connectivity index (χ4v) is 2.71. The molecule has 6 heteroatoms. The van der Waals surface area contributed by atoms with E-state index in [1.165, 1.54) is 6.92 Å². The van der Waals surface area contributed by atoms with Crippen LogP contribution in [-0.4, -0.2) is 22.0 Å². The number of fused-ring (bicyclic) bond motifs is 1. The van der Waals surface area contributed by atoms with Crippen LogP contribution < -0.4 is 10.6 Å². The molecule has 3 rings (SSSR count). The van der Waals surface area contributed by atoms with E-state index in [0.717, 1.165) is 22.0 Å². The first-order chi connectivity index (χ1) is 12.0. The van der Waals surface area contributed by atoms with Crippen LogP contribution in [0.2, 0.25) is 0 Å². The highest BCUT2D eigenvalue weighted by molar-refractivity contribution is 5.94. The number of benzene rings is 2. The summed E-state index contributed by atoms with van der Waals surface area (Å²) in [6, 6.07) is 13.0. The Morgan fingerprint density at radius 3 is 2.64 bits per heavy atom. The molecule has 0 bridgehead atoms. The molecule has 0 radical (unpaired) electrons. The van der Waals surface area contributed by atoms with E-state index in [9.17, 15) is 9.59 Å². The number of carbonyl (C=O) groups is 2. The molecule has 2 aromatic carbocycles. The predicted octanol–water partition coefficient (Wildman–Crippen LogP) is 3.08. The van der Waals surface area contributed by atoms with E-state index in [2.05, 4.69) is 20.8 Å². The number of aromatic amines is 1. The van der Waals surface area contributed by atoms with Gasteiger partial charge in [0.15, 0.2) is 0 Å². The van der Waals surface area contributed by atoms with Gasteiger partial charge in [0.05, 0.1) is 24.2 Å². The van der Waals surface area contributed by atoms with Gasteiger partial charge < -0.3 is 10.6 Å². The van der Waals surface area contributed by atoms with Crippen LogP contribution in [0.3, 0.4) is 0 Å². The molecule has 128 valence electrons. The molecule has 0 saturated carbocycles. The molecule has 6 nitrogen and oxygen atoms in total. The summed E-state index contributed by atoms with van der Waals surface area (Å²) in [5.74, 6) is -0.333. The van der Waals surface area contributed by atoms with Gasteiger partial charge in [-0.1, -0.05) is 29.8 Å². The average molecular weight is 336 g/mol. The van der Waals surface area contributed by atoms with Crippen LogP contribution in [0.15, 0.2) is 48.7 Å². The van der Waals surface area contributed by atoms with Gasteiger partial charge in [0.25, 0.3) is 0 Å². The number of hydrogen-bond acceptors (Lipinski definition) is 3. The summed E-state index contributed by atoms with van der Waals surface area (Å²) >= 11 is 0. The Kier molecular flexibility index (Phi) is 4.79. The Balaban J connectivity index is 1.72. The molecule has 0 aliphatic rings. The van der Waals surface area contributed by atoms with Crippen LogP contribution in [0.5, 0.6) is 0 Å². The van der Waals surface area contributed by atoms with E-state index < -0.39 is 0 Å². The number of amides is 2. The Hall–Kier alpha value is -3.15. The standard InChI is InChI=1S/C19H20N4O2/c1-12-3-5-14(6-4-12)18(21-13(2)24)10-19(25)22-16-7-8-17-15(9-16)11-20-23-17/h3-9,11,18H,10H2,1-2H3,(H,20,23)(H,21,24)(H,22,25). The SMILES string of the molecule is CC(=O)NC(CC(=O)Nc1ccc2[nH]ncc2c1)c1ccc(C)cc1. The van der Waals surface area contributed by atoms with Gasteiger partial charge in [-0.2, -0.15) is 5.10 Å². The summed E-state index contributed by atoms with van der Waals surface area (Å²) in [6.07, 6.45) is 1.86. The molecule has 0 fully saturated rings. The summed E-state index contributed by atoms with van der Waals surface area (Å²) in [6.45, 7) is 3.45. The molecule has 3 N–H and O–H groups in total. The minimum atomic E-state index is -0.365. The highest BCUT2D eigenvalue weighted by atomic mass is 16.2. The van der Waals surface area contributed by atoms with E-state index in [-0.39, 0.29) is 24.3 Å². The lowest BCUT2D eigenvalue weighted by molar-refractivity contribution is -0.120. The summed E-state index contributed by atoms with van der Waals surface area (Å²) in [4.78, 5) is 23.9. The van der Waals surface area contributed by atoms with Gasteiger partial charge in [-0.25, -0.2) is 0 Å². The topological polar surface area (TPSA) is 86.9 Å². The van der Waals surface area contributed by atoms with Crippen molar-refractivity contribution in [2.75, 3.05) is 5.32 Å². The maximum atomic E-state index is 12.4. The molecule has 2 amide bonds. The Morgan fingerprint density at radius 2 is 1.92 bits per heavy atom. The molecule has 3 aromatic rings. The summed E-state index contributed by atoms with van der Waals surface area (Å²) in [5.41, 5.74) is 3.64. The quantitative estimate of drug-likeness (QED) is 0.669. The second kappa shape index (κ2) is 7.17. The van der Waals surface area contributed by atoms with Gasteiger partial charge in [0.1, 0.15) is 0 Å². The van der Waals surface area contributed by atoms with Crippen molar-refractivity contribution in [3.8, 4) is 0 Å². The van der Waals surface area contributed by atoms with Gasteiger partial charge in [0.2, 0.25) is 11.8 Å². The average Bonchev–Trinajstić information content (AvgIpc) is 3.02. The van der Waals surface area contributed by atoms with Gasteiger partial charge in [-0.15, -0.1) is 0 Å². The van der Waals surface area contributed by atoms with E-state index in [1.807, 2.05) is 49.4 Å². The zero-order valence-corrected chi connectivity index (χ0v) is 14.2. The smallest absolute Gasteiger partial charge is 0.226 e. The van der Waals surface area contributed by atoms with Gasteiger partial charge >= 0.3 is 0 Å². The van der Waals surface area contributed by atoms with Crippen molar-refractivity contribution >= 4 is 28.4 Å². The number of nitrogens with zero attached hydrogens (tertiary/aromatic N) is 1. The first kappa shape index (κ1) is 16.7. The third-order valence-corrected chi connectivity index (χ3v) is 3.97. The highest BCUT2D eigenvalue weighted by Gasteiger charge is 2.17. The molecule has 25 heavy (non-hydrogen) atoms. The maximum absolute atomic E-state index is 12.4. The number of rotatable bonds is 5. The van der Waals surface area contributed by atoms with Gasteiger partial charge in [-0.05, 0) is 30.7 Å². The minimum absolute atomic E-state index is 0.159. The lowest BCUT2D eigenvalue weighted by Gasteiger charge is -2.18. The fraction of sp³-hybridized carbons (Fsp3) is 0.211. The number of H-pyrrole nitrogens is 1. The zero-order chi connectivity index (χ0) is 17.8. The predicted molar refractivity (Wildman–Crippen MR) is 97.1 cm³/mol. The molecule has 1 heterocycles. The van der Waals surface area contributed by atoms with Crippen molar-refractivity contribution in [2.24, 2.45) is 0 Å². The van der Waals surface area contributed by atoms with Gasteiger partial charge in [-0.3, -0.25) is 14.7 Å². The van der Waals surface area contributed by atoms with Crippen LogP contribution in [-0.2, 0) is 9.59 Å². The van der Waals surface area contributed by atoms with Crippen LogP contribution in [0, 0.1) is 6.92 Å². The van der Waals surface area contributed by atoms with Crippen molar-refractivity contribution in [1.29, 1.82) is 0 Å². The van der Waals surface area contributed by atoms with Crippen molar-refractivity contribution < 1.29 is 9.59 Å².